The molecule has 4 unspecified atom stereocenters. The van der Waals surface area contributed by atoms with Gasteiger partial charge in [0.1, 0.15) is 35.5 Å². The highest BCUT2D eigenvalue weighted by Crippen LogP contribution is 2.41. The number of pyridine rings is 2. The summed E-state index contributed by atoms with van der Waals surface area (Å²) in [6.45, 7) is 6.79. The number of aromatic nitrogens is 2. The Morgan fingerprint density at radius 1 is 0.726 bits per heavy atom. The number of primary amides is 2. The van der Waals surface area contributed by atoms with Crippen LogP contribution in [0.5, 0.6) is 0 Å². The normalized spacial score (nSPS) is 25.6. The Morgan fingerprint density at radius 3 is 1.39 bits per heavy atom. The summed E-state index contributed by atoms with van der Waals surface area (Å²) in [7, 11) is -8.45. The topological polar surface area (TPSA) is 339 Å². The number of alkyl halides is 6. The minimum absolute atomic E-state index is 0.160. The van der Waals surface area contributed by atoms with Crippen LogP contribution in [0.15, 0.2) is 49.1 Å². The molecule has 0 bridgehead atoms. The lowest BCUT2D eigenvalue weighted by atomic mass is 10.1. The molecule has 3 aliphatic rings. The van der Waals surface area contributed by atoms with E-state index in [2.05, 4.69) is 0 Å². The number of methoxy groups -OCH3 is 2. The Hall–Kier alpha value is -3.76. The van der Waals surface area contributed by atoms with Gasteiger partial charge in [-0.05, 0) is 39.8 Å². The number of carbonyl (C=O) groups excluding carboxylic acids is 2. The van der Waals surface area contributed by atoms with Gasteiger partial charge in [0.25, 0.3) is 24.3 Å². The van der Waals surface area contributed by atoms with Crippen LogP contribution >= 0.6 is 0 Å². The van der Waals surface area contributed by atoms with Crippen LogP contribution in [-0.4, -0.2) is 145 Å². The van der Waals surface area contributed by atoms with Crippen LogP contribution in [0.1, 0.15) is 60.9 Å². The van der Waals surface area contributed by atoms with E-state index in [0.29, 0.717) is 5.56 Å². The molecule has 3 saturated heterocycles. The van der Waals surface area contributed by atoms with E-state index in [4.69, 9.17) is 70.9 Å². The summed E-state index contributed by atoms with van der Waals surface area (Å²) in [4.78, 5) is 22.3. The predicted molar refractivity (Wildman–Crippen MR) is 191 cm³/mol. The van der Waals surface area contributed by atoms with Crippen LogP contribution in [0, 0.1) is 0 Å². The van der Waals surface area contributed by atoms with Crippen LogP contribution in [0.25, 0.3) is 0 Å². The quantitative estimate of drug-likeness (QED) is 0.0516. The van der Waals surface area contributed by atoms with Crippen molar-refractivity contribution in [3.63, 3.8) is 0 Å². The Morgan fingerprint density at radius 2 is 1.08 bits per heavy atom. The van der Waals surface area contributed by atoms with Crippen LogP contribution in [0.2, 0.25) is 0 Å². The molecule has 356 valence electrons. The Bertz CT molecular complexity index is 1960. The molecule has 2 amide bonds. The summed E-state index contributed by atoms with van der Waals surface area (Å²) in [6.07, 6.45) is 0.646. The third-order valence-corrected chi connectivity index (χ3v) is 9.36. The van der Waals surface area contributed by atoms with Gasteiger partial charge in [-0.15, -0.1) is 0 Å². The number of hydrogen-bond donors (Lipinski definition) is 8. The Balaban J connectivity index is 0.000000422. The fraction of sp³-hybridized carbons (Fsp3) is 0.625. The van der Waals surface area contributed by atoms with Gasteiger partial charge >= 0.3 is 31.3 Å². The second-order valence-corrected chi connectivity index (χ2v) is 16.3. The lowest BCUT2D eigenvalue weighted by Crippen LogP contribution is -2.46. The number of aliphatic hydroxyl groups is 4. The highest BCUT2D eigenvalue weighted by atomic mass is 32.2. The van der Waals surface area contributed by atoms with Crippen molar-refractivity contribution in [3.05, 3.63) is 60.2 Å². The molecule has 8 atom stereocenters. The lowest BCUT2D eigenvalue weighted by Gasteiger charge is -2.21. The fourth-order valence-corrected chi connectivity index (χ4v) is 4.85. The number of rotatable bonds is 8. The molecule has 0 aliphatic carbocycles. The van der Waals surface area contributed by atoms with Crippen molar-refractivity contribution < 1.29 is 120 Å². The highest BCUT2D eigenvalue weighted by Gasteiger charge is 2.59. The van der Waals surface area contributed by atoms with Gasteiger partial charge in [-0.3, -0.25) is 18.7 Å². The average molecular weight is 955 g/mol. The average Bonchev–Trinajstić information content (AvgIpc) is 3.77. The summed E-state index contributed by atoms with van der Waals surface area (Å²) in [5, 5.41) is 37.9. The summed E-state index contributed by atoms with van der Waals surface area (Å²) in [5.74, 6) is -2.26. The summed E-state index contributed by atoms with van der Waals surface area (Å²) in [5.41, 5.74) is 0.0155. The Labute approximate surface area is 349 Å². The number of nitrogens with zero attached hydrogens (tertiary/aromatic N) is 2. The van der Waals surface area contributed by atoms with Crippen molar-refractivity contribution in [3.8, 4) is 0 Å². The highest BCUT2D eigenvalue weighted by molar-refractivity contribution is 7.86. The van der Waals surface area contributed by atoms with Crippen LogP contribution in [-0.2, 0) is 48.7 Å². The summed E-state index contributed by atoms with van der Waals surface area (Å²) < 4.78 is 151. The van der Waals surface area contributed by atoms with Crippen molar-refractivity contribution in [2.75, 3.05) is 27.4 Å². The molecule has 5 rings (SSSR count). The number of nitrogens with two attached hydrogens (primary N) is 2. The molecule has 0 aromatic carbocycles. The second-order valence-electron chi connectivity index (χ2n) is 13.5. The monoisotopic (exact) mass is 954 g/mol. The maximum Gasteiger partial charge on any atom is 0.522 e. The van der Waals surface area contributed by atoms with Gasteiger partial charge in [0, 0.05) is 26.4 Å². The van der Waals surface area contributed by atoms with Crippen LogP contribution < -0.4 is 20.6 Å². The van der Waals surface area contributed by atoms with Gasteiger partial charge in [0.05, 0.1) is 13.2 Å². The summed E-state index contributed by atoms with van der Waals surface area (Å²) >= 11 is 0. The number of aliphatic hydroxyl groups excluding tert-OH is 4. The van der Waals surface area contributed by atoms with E-state index >= 15 is 0 Å². The molecule has 62 heavy (non-hydrogen) atoms. The molecule has 0 radical (unpaired) electrons. The number of amides is 2. The van der Waals surface area contributed by atoms with E-state index in [1.54, 1.807) is 55.6 Å². The zero-order valence-corrected chi connectivity index (χ0v) is 35.0. The molecular formula is C32H48F6N4O18S2+2. The molecular weight excluding hydrogens is 906 g/mol. The molecule has 5 heterocycles. The molecule has 3 fully saturated rings. The molecule has 2 aromatic rings. The molecule has 10 N–H and O–H groups in total. The number of halogens is 6. The van der Waals surface area contributed by atoms with Crippen molar-refractivity contribution >= 4 is 32.1 Å². The molecule has 30 heteroatoms. The number of ether oxygens (including phenoxy) is 6. The van der Waals surface area contributed by atoms with Gasteiger partial charge in [-0.25, -0.2) is 0 Å². The number of fused-ring (bicyclic) bond motifs is 1. The molecule has 3 aliphatic heterocycles. The van der Waals surface area contributed by atoms with Gasteiger partial charge in [-0.1, -0.05) is 0 Å². The van der Waals surface area contributed by atoms with Crippen molar-refractivity contribution in [1.82, 2.24) is 0 Å². The molecule has 0 spiro atoms. The summed E-state index contributed by atoms with van der Waals surface area (Å²) in [6, 6.07) is 6.45. The molecule has 2 aromatic heterocycles. The number of carbonyl (C=O) groups is 2. The molecule has 22 nitrogen and oxygen atoms in total. The third kappa shape index (κ3) is 16.4. The first-order valence-electron chi connectivity index (χ1n) is 17.1. The third-order valence-electron chi connectivity index (χ3n) is 8.19. The van der Waals surface area contributed by atoms with Crippen LogP contribution in [0.4, 0.5) is 26.3 Å². The van der Waals surface area contributed by atoms with E-state index in [-0.39, 0.29) is 24.4 Å². The van der Waals surface area contributed by atoms with Crippen molar-refractivity contribution in [2.45, 2.75) is 99.4 Å². The predicted octanol–water partition coefficient (Wildman–Crippen LogP) is -1.03. The first-order chi connectivity index (χ1) is 28.1. The zero-order valence-electron chi connectivity index (χ0n) is 33.4. The smallest absolute Gasteiger partial charge is 0.394 e. The maximum absolute atomic E-state index is 11.3. The molecule has 0 saturated carbocycles. The van der Waals surface area contributed by atoms with Crippen molar-refractivity contribution in [2.24, 2.45) is 11.5 Å². The minimum atomic E-state index is -5.84. The van der Waals surface area contributed by atoms with E-state index in [0.717, 1.165) is 0 Å². The van der Waals surface area contributed by atoms with Gasteiger partial charge in [-0.2, -0.15) is 52.3 Å². The number of hydrogen-bond acceptors (Lipinski definition) is 16. The van der Waals surface area contributed by atoms with E-state index in [1.807, 2.05) is 27.7 Å². The Kier molecular flexibility index (Phi) is 20.2. The SMILES string of the molecule is CC1(C)OC2[C@H](O1)C(CO)O[C@H]2[n+]1cccc(C(N)=O)c1.COC(C)(C)OC.NC(=O)c1ccc[n+]([C@@H]2OC(CO)[C@@H](O)C2O)c1.O=S(=O)(O)C(F)(F)F.O=S(=O)(O)C(F)(F)F. The van der Waals surface area contributed by atoms with Gasteiger partial charge in [0.15, 0.2) is 48.6 Å². The van der Waals surface area contributed by atoms with E-state index < -0.39 is 98.1 Å². The maximum atomic E-state index is 11.3. The lowest BCUT2D eigenvalue weighted by molar-refractivity contribution is -0.766. The first kappa shape index (κ1) is 56.3. The van der Waals surface area contributed by atoms with Gasteiger partial charge < -0.3 is 60.3 Å². The second kappa shape index (κ2) is 22.2. The van der Waals surface area contributed by atoms with E-state index in [9.17, 15) is 51.3 Å². The van der Waals surface area contributed by atoms with Crippen LogP contribution in [0.3, 0.4) is 0 Å². The van der Waals surface area contributed by atoms with Gasteiger partial charge in [0.2, 0.25) is 0 Å². The van der Waals surface area contributed by atoms with E-state index in [1.165, 1.54) is 16.8 Å². The fourth-order valence-electron chi connectivity index (χ4n) is 4.85. The first-order valence-corrected chi connectivity index (χ1v) is 20.0. The largest absolute Gasteiger partial charge is 0.522 e. The zero-order chi connectivity index (χ0) is 48.4. The standard InChI is InChI=1S/C14H18N2O5.C11H14N2O5.C5H12O2.2CHF3O3S/c1-14(2)20-10-9(7-17)19-13(11(10)21-14)16-5-3-4-8(6-16)12(15)18;12-10(17)6-2-1-3-13(4-6)11-9(16)8(15)7(5-14)18-11;1-5(2,6-3)7-4;2*2-1(3,4)8(5,6)7/h3-6,9-11,13,17H,7H2,1-2H3,(H-,15,18);1-4,7-9,11,14-16H,5H2,(H-,12,17);1-4H3;2*(H,5,6,7)/p+2/t9?,10-,11?,13-;7?,8-,9?,11-;;;/m11.../s1. The van der Waals surface area contributed by atoms with Crippen molar-refractivity contribution in [1.29, 1.82) is 0 Å². The minimum Gasteiger partial charge on any atom is -0.394 e.